The highest BCUT2D eigenvalue weighted by Gasteiger charge is 2.29. The molecule has 7 heteroatoms. The van der Waals surface area contributed by atoms with Gasteiger partial charge in [0.15, 0.2) is 23.0 Å². The van der Waals surface area contributed by atoms with Crippen molar-refractivity contribution in [2.75, 3.05) is 7.05 Å². The fourth-order valence-corrected chi connectivity index (χ4v) is 4.55. The molecule has 32 heavy (non-hydrogen) atoms. The molecule has 1 aromatic heterocycles. The standard InChI is InChI=1S/C25H22ClN3O3/c1-14-3-5-17(12-18(14)24(30)31)32-25-27-21-7-6-20(26)19(13-22(21)28-25)15-4-8-23-16(11-15)9-10-29(23)2/h3-6,9-13,23,26H,7-8H2,1-2H3,(H-,27,28,30,31)/p+2. The number of allylic oxidation sites excluding steroid dienone is 5. The van der Waals surface area contributed by atoms with Gasteiger partial charge in [0.1, 0.15) is 5.75 Å². The molecule has 3 aliphatic rings. The quantitative estimate of drug-likeness (QED) is 0.743. The Balaban J connectivity index is 1.44. The number of aromatic amines is 2. The maximum atomic E-state index is 11.4. The average Bonchev–Trinajstić information content (AvgIpc) is 3.29. The number of carboxylic acid groups (broad SMARTS) is 1. The van der Waals surface area contributed by atoms with Crippen LogP contribution in [0.1, 0.15) is 33.7 Å². The van der Waals surface area contributed by atoms with Gasteiger partial charge >= 0.3 is 12.0 Å². The van der Waals surface area contributed by atoms with Crippen molar-refractivity contribution in [2.24, 2.45) is 0 Å². The summed E-state index contributed by atoms with van der Waals surface area (Å²) in [5, 5.41) is 10.2. The van der Waals surface area contributed by atoms with Gasteiger partial charge < -0.3 is 14.7 Å². The number of rotatable bonds is 4. The van der Waals surface area contributed by atoms with Crippen molar-refractivity contribution >= 4 is 12.0 Å². The molecule has 1 aromatic carbocycles. The van der Waals surface area contributed by atoms with Gasteiger partial charge in [-0.3, -0.25) is 0 Å². The Morgan fingerprint density at radius 1 is 1.31 bits per heavy atom. The Bertz CT molecular complexity index is 1280. The van der Waals surface area contributed by atoms with Crippen LogP contribution in [-0.4, -0.2) is 34.0 Å². The van der Waals surface area contributed by atoms with E-state index < -0.39 is 5.97 Å². The van der Waals surface area contributed by atoms with Crippen LogP contribution in [0.2, 0.25) is 0 Å². The summed E-state index contributed by atoms with van der Waals surface area (Å²) in [4.78, 5) is 20.2. The lowest BCUT2D eigenvalue weighted by atomic mass is 9.91. The summed E-state index contributed by atoms with van der Waals surface area (Å²) in [5.41, 5.74) is 6.22. The number of H-pyrrole nitrogens is 2. The molecule has 0 radical (unpaired) electrons. The van der Waals surface area contributed by atoms with Crippen LogP contribution in [0.4, 0.5) is 0 Å². The second kappa shape index (κ2) is 7.88. The number of hydrogen-bond donors (Lipinski definition) is 2. The Hall–Kier alpha value is -3.51. The third kappa shape index (κ3) is 3.67. The van der Waals surface area contributed by atoms with Gasteiger partial charge in [0.2, 0.25) is 5.03 Å². The minimum Gasteiger partial charge on any atom is -0.478 e. The van der Waals surface area contributed by atoms with Crippen molar-refractivity contribution in [1.29, 1.82) is 0 Å². The van der Waals surface area contributed by atoms with Gasteiger partial charge in [-0.1, -0.05) is 12.1 Å². The molecule has 6 nitrogen and oxygen atoms in total. The number of nitrogens with one attached hydrogen (secondary N) is 2. The summed E-state index contributed by atoms with van der Waals surface area (Å²) in [6.45, 7) is 1.76. The van der Waals surface area contributed by atoms with Gasteiger partial charge in [-0.15, -0.1) is 0 Å². The van der Waals surface area contributed by atoms with E-state index in [-0.39, 0.29) is 5.56 Å². The van der Waals surface area contributed by atoms with Crippen LogP contribution >= 0.6 is 0 Å². The predicted molar refractivity (Wildman–Crippen MR) is 118 cm³/mol. The molecule has 3 N–H and O–H groups in total. The monoisotopic (exact) mass is 449 g/mol. The molecule has 0 saturated carbocycles. The average molecular weight is 450 g/mol. The molecular weight excluding hydrogens is 426 g/mol. The minimum atomic E-state index is -0.977. The maximum absolute atomic E-state index is 11.4. The van der Waals surface area contributed by atoms with Gasteiger partial charge in [-0.05, 0) is 66.6 Å². The Kier molecular flexibility index (Phi) is 5.02. The lowest BCUT2D eigenvalue weighted by molar-refractivity contribution is -0.392. The van der Waals surface area contributed by atoms with Crippen molar-refractivity contribution in [3.8, 4) is 11.8 Å². The van der Waals surface area contributed by atoms with E-state index in [1.165, 1.54) is 11.6 Å². The third-order valence-corrected chi connectivity index (χ3v) is 6.50. The largest absolute Gasteiger partial charge is 0.478 e. The number of imidazole rings is 1. The number of carboxylic acids is 1. The van der Waals surface area contributed by atoms with Crippen molar-refractivity contribution in [1.82, 2.24) is 9.88 Å². The molecule has 2 heterocycles. The molecule has 5 rings (SSSR count). The number of hydrogen-bond acceptors (Lipinski definition) is 3. The summed E-state index contributed by atoms with van der Waals surface area (Å²) in [6, 6.07) is 5.88. The molecule has 2 aromatic rings. The van der Waals surface area contributed by atoms with Gasteiger partial charge in [0.25, 0.3) is 0 Å². The first kappa shape index (κ1) is 20.4. The normalized spacial score (nSPS) is 19.3. The Morgan fingerprint density at radius 3 is 2.97 bits per heavy atom. The zero-order valence-corrected chi connectivity index (χ0v) is 18.6. The fourth-order valence-electron chi connectivity index (χ4n) is 4.29. The van der Waals surface area contributed by atoms with E-state index in [1.807, 2.05) is 6.08 Å². The molecule has 2 aliphatic carbocycles. The first-order chi connectivity index (χ1) is 15.4. The molecule has 0 amide bonds. The molecule has 0 fully saturated rings. The predicted octanol–water partition coefficient (Wildman–Crippen LogP) is 3.82. The van der Waals surface area contributed by atoms with E-state index in [0.717, 1.165) is 34.0 Å². The van der Waals surface area contributed by atoms with Crippen LogP contribution in [0, 0.1) is 18.5 Å². The number of aryl methyl sites for hydroxylation is 1. The molecular formula is C25H24ClN3O3+2. The second-order valence-electron chi connectivity index (χ2n) is 8.22. The summed E-state index contributed by atoms with van der Waals surface area (Å²) >= 11 is 5.70. The Morgan fingerprint density at radius 2 is 2.16 bits per heavy atom. The lowest BCUT2D eigenvalue weighted by Crippen LogP contribution is -2.25. The van der Waals surface area contributed by atoms with Crippen LogP contribution in [0.25, 0.3) is 6.08 Å². The van der Waals surface area contributed by atoms with E-state index in [1.54, 1.807) is 19.1 Å². The topological polar surface area (TPSA) is 79.7 Å². The van der Waals surface area contributed by atoms with Crippen molar-refractivity contribution in [3.05, 3.63) is 93.0 Å². The summed E-state index contributed by atoms with van der Waals surface area (Å²) in [7, 11) is 2.10. The first-order valence-corrected chi connectivity index (χ1v) is 10.9. The van der Waals surface area contributed by atoms with Gasteiger partial charge in [0.05, 0.1) is 17.2 Å². The van der Waals surface area contributed by atoms with E-state index in [4.69, 9.17) is 16.3 Å². The Labute approximate surface area is 190 Å². The number of nitrogens with zero attached hydrogens (tertiary/aromatic N) is 1. The number of ether oxygens (including phenoxy) is 1. The molecule has 1 unspecified atom stereocenters. The number of aromatic carboxylic acids is 1. The number of likely N-dealkylation sites (N-methyl/N-ethyl adjacent to an activating group) is 1. The van der Waals surface area contributed by atoms with E-state index in [0.29, 0.717) is 29.8 Å². The van der Waals surface area contributed by atoms with Gasteiger partial charge in [0, 0.05) is 19.5 Å². The lowest BCUT2D eigenvalue weighted by Gasteiger charge is -2.24. The molecule has 0 saturated heterocycles. The zero-order chi connectivity index (χ0) is 22.4. The van der Waals surface area contributed by atoms with Crippen molar-refractivity contribution < 1.29 is 31.2 Å². The number of halogens is 1. The summed E-state index contributed by atoms with van der Waals surface area (Å²) in [5.74, 6) is -0.525. The minimum absolute atomic E-state index is 0.221. The number of benzene rings is 1. The maximum Gasteiger partial charge on any atom is 0.457 e. The van der Waals surface area contributed by atoms with E-state index in [2.05, 4.69) is 52.4 Å². The molecule has 0 spiro atoms. The van der Waals surface area contributed by atoms with Gasteiger partial charge in [-0.25, -0.2) is 14.8 Å². The van der Waals surface area contributed by atoms with Crippen molar-refractivity contribution in [3.63, 3.8) is 0 Å². The van der Waals surface area contributed by atoms with Crippen LogP contribution in [0.15, 0.2) is 70.5 Å². The van der Waals surface area contributed by atoms with Crippen LogP contribution in [0.5, 0.6) is 11.8 Å². The summed E-state index contributed by atoms with van der Waals surface area (Å²) in [6.07, 6.45) is 14.4. The van der Waals surface area contributed by atoms with Crippen LogP contribution < -0.4 is 9.72 Å². The first-order valence-electron chi connectivity index (χ1n) is 10.5. The van der Waals surface area contributed by atoms with Crippen LogP contribution in [-0.2, 0) is 6.42 Å². The number of fused-ring (bicyclic) bond motifs is 2. The molecule has 162 valence electrons. The van der Waals surface area contributed by atoms with E-state index in [9.17, 15) is 9.90 Å². The fraction of sp³-hybridized carbons (Fsp3) is 0.200. The number of carbonyl (C=O) groups is 1. The SMILES string of the molecule is Cc1ccc(Oc2[nH]c3c([nH+]2)C=C(C2=CCC4C(=C2)C=CN4C)C([ClH+])=CC3)cc1C(=O)O. The second-order valence-corrected chi connectivity index (χ2v) is 8.66. The van der Waals surface area contributed by atoms with Crippen LogP contribution in [0.3, 0.4) is 0 Å². The number of aromatic nitrogens is 2. The van der Waals surface area contributed by atoms with E-state index >= 15 is 0 Å². The van der Waals surface area contributed by atoms with Crippen molar-refractivity contribution in [2.45, 2.75) is 25.8 Å². The smallest absolute Gasteiger partial charge is 0.457 e. The molecule has 1 atom stereocenters. The highest BCUT2D eigenvalue weighted by Crippen LogP contribution is 2.34. The highest BCUT2D eigenvalue weighted by atomic mass is 35.5. The van der Waals surface area contributed by atoms with Gasteiger partial charge in [-0.2, -0.15) is 0 Å². The molecule has 0 bridgehead atoms. The third-order valence-electron chi connectivity index (χ3n) is 6.12. The summed E-state index contributed by atoms with van der Waals surface area (Å²) < 4.78 is 5.90. The highest BCUT2D eigenvalue weighted by molar-refractivity contribution is 5.89. The zero-order valence-electron chi connectivity index (χ0n) is 17.8. The molecule has 1 aliphatic heterocycles.